The number of carbonyl (C=O) groups is 1. The highest BCUT2D eigenvalue weighted by atomic mass is 32.1. The molecule has 1 aromatic carbocycles. The fraction of sp³-hybridized carbons (Fsp3) is 0.267. The first-order valence-corrected chi connectivity index (χ1v) is 7.31. The summed E-state index contributed by atoms with van der Waals surface area (Å²) in [6, 6.07) is 6.54. The molecule has 0 saturated heterocycles. The van der Waals surface area contributed by atoms with Crippen molar-refractivity contribution in [1.29, 1.82) is 0 Å². The number of phenols is 1. The van der Waals surface area contributed by atoms with E-state index in [-0.39, 0.29) is 11.7 Å². The van der Waals surface area contributed by atoms with Crippen LogP contribution in [0.4, 0.5) is 5.69 Å². The van der Waals surface area contributed by atoms with Crippen molar-refractivity contribution in [3.63, 3.8) is 0 Å². The molecule has 3 nitrogen and oxygen atoms in total. The maximum absolute atomic E-state index is 12.3. The predicted molar refractivity (Wildman–Crippen MR) is 77.0 cm³/mol. The van der Waals surface area contributed by atoms with Crippen molar-refractivity contribution in [3.05, 3.63) is 45.6 Å². The van der Waals surface area contributed by atoms with Gasteiger partial charge in [-0.15, -0.1) is 11.3 Å². The van der Waals surface area contributed by atoms with Crippen molar-refractivity contribution in [2.75, 3.05) is 5.32 Å². The minimum Gasteiger partial charge on any atom is -0.508 e. The second-order valence-corrected chi connectivity index (χ2v) is 5.66. The minimum absolute atomic E-state index is 0.0427. The third-order valence-electron chi connectivity index (χ3n) is 3.44. The van der Waals surface area contributed by atoms with Gasteiger partial charge in [0, 0.05) is 5.69 Å². The van der Waals surface area contributed by atoms with Crippen molar-refractivity contribution < 1.29 is 9.90 Å². The van der Waals surface area contributed by atoms with E-state index in [1.807, 2.05) is 0 Å². The topological polar surface area (TPSA) is 49.3 Å². The number of fused-ring (bicyclic) bond motifs is 1. The van der Waals surface area contributed by atoms with Crippen LogP contribution < -0.4 is 5.32 Å². The number of amides is 1. The highest BCUT2D eigenvalue weighted by Gasteiger charge is 2.20. The molecule has 0 spiro atoms. The summed E-state index contributed by atoms with van der Waals surface area (Å²) in [5, 5.41) is 14.2. The molecule has 1 aliphatic carbocycles. The molecule has 1 aromatic heterocycles. The fourth-order valence-electron chi connectivity index (χ4n) is 2.44. The standard InChI is InChI=1S/C15H15NO2S/c17-12-7-5-11(6-8-12)16-15(18)14-13-4-2-1-3-10(13)9-19-14/h5-9,17H,1-4H2,(H,16,18). The van der Waals surface area contributed by atoms with Crippen LogP contribution in [-0.4, -0.2) is 11.0 Å². The lowest BCUT2D eigenvalue weighted by atomic mass is 9.94. The van der Waals surface area contributed by atoms with Gasteiger partial charge in [0.15, 0.2) is 0 Å². The van der Waals surface area contributed by atoms with Crippen LogP contribution in [0.1, 0.15) is 33.6 Å². The molecule has 0 unspecified atom stereocenters. The summed E-state index contributed by atoms with van der Waals surface area (Å²) in [6.45, 7) is 0. The van der Waals surface area contributed by atoms with Gasteiger partial charge in [-0.1, -0.05) is 0 Å². The summed E-state index contributed by atoms with van der Waals surface area (Å²) in [4.78, 5) is 13.1. The second-order valence-electron chi connectivity index (χ2n) is 4.78. The molecule has 2 N–H and O–H groups in total. The van der Waals surface area contributed by atoms with Gasteiger partial charge in [-0.25, -0.2) is 0 Å². The average Bonchev–Trinajstić information content (AvgIpc) is 2.85. The molecule has 98 valence electrons. The zero-order chi connectivity index (χ0) is 13.2. The van der Waals surface area contributed by atoms with Crippen molar-refractivity contribution in [1.82, 2.24) is 0 Å². The molecule has 1 heterocycles. The Hall–Kier alpha value is -1.81. The summed E-state index contributed by atoms with van der Waals surface area (Å²) in [5.74, 6) is 0.158. The molecular weight excluding hydrogens is 258 g/mol. The predicted octanol–water partition coefficient (Wildman–Crippen LogP) is 3.58. The molecule has 0 atom stereocenters. The van der Waals surface area contributed by atoms with Crippen LogP contribution in [0.15, 0.2) is 29.6 Å². The maximum atomic E-state index is 12.3. The lowest BCUT2D eigenvalue weighted by molar-refractivity contribution is 0.102. The second kappa shape index (κ2) is 5.05. The van der Waals surface area contributed by atoms with Gasteiger partial charge >= 0.3 is 0 Å². The third kappa shape index (κ3) is 2.49. The normalized spacial score (nSPS) is 13.9. The Morgan fingerprint density at radius 3 is 2.68 bits per heavy atom. The number of anilines is 1. The molecule has 19 heavy (non-hydrogen) atoms. The van der Waals surface area contributed by atoms with E-state index in [0.29, 0.717) is 5.69 Å². The zero-order valence-corrected chi connectivity index (χ0v) is 11.3. The smallest absolute Gasteiger partial charge is 0.266 e. The number of thiophene rings is 1. The molecule has 4 heteroatoms. The Morgan fingerprint density at radius 2 is 1.89 bits per heavy atom. The Bertz CT molecular complexity index is 601. The van der Waals surface area contributed by atoms with E-state index in [0.717, 1.165) is 17.7 Å². The summed E-state index contributed by atoms with van der Waals surface area (Å²) in [6.07, 6.45) is 4.50. The maximum Gasteiger partial charge on any atom is 0.266 e. The van der Waals surface area contributed by atoms with E-state index >= 15 is 0 Å². The molecule has 0 bridgehead atoms. The van der Waals surface area contributed by atoms with Crippen LogP contribution >= 0.6 is 11.3 Å². The highest BCUT2D eigenvalue weighted by molar-refractivity contribution is 7.12. The minimum atomic E-state index is -0.0427. The number of rotatable bonds is 2. The van der Waals surface area contributed by atoms with Crippen molar-refractivity contribution in [2.45, 2.75) is 25.7 Å². The highest BCUT2D eigenvalue weighted by Crippen LogP contribution is 2.30. The van der Waals surface area contributed by atoms with Crippen molar-refractivity contribution in [3.8, 4) is 5.75 Å². The molecule has 1 aliphatic rings. The van der Waals surface area contributed by atoms with Gasteiger partial charge in [-0.3, -0.25) is 4.79 Å². The first kappa shape index (κ1) is 12.2. The average molecular weight is 273 g/mol. The zero-order valence-electron chi connectivity index (χ0n) is 10.5. The summed E-state index contributed by atoms with van der Waals surface area (Å²) >= 11 is 1.53. The molecule has 2 aromatic rings. The molecular formula is C15H15NO2S. The van der Waals surface area contributed by atoms with Gasteiger partial charge in [0.1, 0.15) is 5.75 Å². The Kier molecular flexibility index (Phi) is 3.25. The van der Waals surface area contributed by atoms with E-state index in [9.17, 15) is 9.90 Å². The first-order chi connectivity index (χ1) is 9.24. The van der Waals surface area contributed by atoms with Crippen LogP contribution in [0.2, 0.25) is 0 Å². The van der Waals surface area contributed by atoms with Crippen molar-refractivity contribution in [2.24, 2.45) is 0 Å². The molecule has 0 aliphatic heterocycles. The van der Waals surface area contributed by atoms with E-state index < -0.39 is 0 Å². The van der Waals surface area contributed by atoms with Crippen LogP contribution in [0, 0.1) is 0 Å². The fourth-order valence-corrected chi connectivity index (χ4v) is 3.50. The summed E-state index contributed by atoms with van der Waals surface area (Å²) in [5.41, 5.74) is 3.28. The summed E-state index contributed by atoms with van der Waals surface area (Å²) in [7, 11) is 0. The van der Waals surface area contributed by atoms with Crippen LogP contribution in [0.3, 0.4) is 0 Å². The van der Waals surface area contributed by atoms with Crippen molar-refractivity contribution >= 4 is 22.9 Å². The number of benzene rings is 1. The summed E-state index contributed by atoms with van der Waals surface area (Å²) < 4.78 is 0. The Morgan fingerprint density at radius 1 is 1.16 bits per heavy atom. The molecule has 0 saturated carbocycles. The lowest BCUT2D eigenvalue weighted by Gasteiger charge is -2.12. The Labute approximate surface area is 115 Å². The number of hydrogen-bond acceptors (Lipinski definition) is 3. The lowest BCUT2D eigenvalue weighted by Crippen LogP contribution is -2.13. The van der Waals surface area contributed by atoms with E-state index in [2.05, 4.69) is 10.7 Å². The number of hydrogen-bond donors (Lipinski definition) is 2. The third-order valence-corrected chi connectivity index (χ3v) is 4.50. The SMILES string of the molecule is O=C(Nc1ccc(O)cc1)c1scc2c1CCCC2. The molecule has 3 rings (SSSR count). The van der Waals surface area contributed by atoms with Gasteiger partial charge in [0.05, 0.1) is 4.88 Å². The number of nitrogens with one attached hydrogen (secondary N) is 1. The van der Waals surface area contributed by atoms with Gasteiger partial charge < -0.3 is 10.4 Å². The largest absolute Gasteiger partial charge is 0.508 e. The molecule has 0 radical (unpaired) electrons. The van der Waals surface area contributed by atoms with Gasteiger partial charge in [0.25, 0.3) is 5.91 Å². The van der Waals surface area contributed by atoms with Crippen LogP contribution in [0.25, 0.3) is 0 Å². The van der Waals surface area contributed by atoms with Gasteiger partial charge in [-0.2, -0.15) is 0 Å². The van der Waals surface area contributed by atoms with E-state index in [1.165, 1.54) is 35.3 Å². The van der Waals surface area contributed by atoms with Gasteiger partial charge in [-0.05, 0) is 66.5 Å². The van der Waals surface area contributed by atoms with Gasteiger partial charge in [0.2, 0.25) is 0 Å². The van der Waals surface area contributed by atoms with E-state index in [1.54, 1.807) is 24.3 Å². The monoisotopic (exact) mass is 273 g/mol. The molecule has 1 amide bonds. The van der Waals surface area contributed by atoms with Crippen LogP contribution in [-0.2, 0) is 12.8 Å². The van der Waals surface area contributed by atoms with E-state index in [4.69, 9.17) is 0 Å². The Balaban J connectivity index is 1.80. The number of aryl methyl sites for hydroxylation is 1. The number of aromatic hydroxyl groups is 1. The number of phenolic OH excluding ortho intramolecular Hbond substituents is 1. The quantitative estimate of drug-likeness (QED) is 0.822. The first-order valence-electron chi connectivity index (χ1n) is 6.43. The molecule has 0 fully saturated rings. The van der Waals surface area contributed by atoms with Crippen LogP contribution in [0.5, 0.6) is 5.75 Å². The number of carbonyl (C=O) groups excluding carboxylic acids is 1.